The van der Waals surface area contributed by atoms with Gasteiger partial charge in [-0.3, -0.25) is 4.79 Å². The molecule has 2 rings (SSSR count). The lowest BCUT2D eigenvalue weighted by molar-refractivity contribution is -0.134. The molecule has 1 atom stereocenters. The Morgan fingerprint density at radius 3 is 2.27 bits per heavy atom. The van der Waals surface area contributed by atoms with E-state index >= 15 is 0 Å². The maximum absolute atomic E-state index is 12.3. The number of rotatable bonds is 4. The summed E-state index contributed by atoms with van der Waals surface area (Å²) in [6.45, 7) is 4.41. The summed E-state index contributed by atoms with van der Waals surface area (Å²) in [4.78, 5) is 28.0. The fourth-order valence-electron chi connectivity index (χ4n) is 3.31. The first-order valence-corrected chi connectivity index (χ1v) is 8.71. The first-order valence-electron chi connectivity index (χ1n) is 8.71. The van der Waals surface area contributed by atoms with E-state index in [2.05, 4.69) is 5.32 Å². The molecule has 0 aromatic carbocycles. The second kappa shape index (κ2) is 8.36. The highest BCUT2D eigenvalue weighted by Crippen LogP contribution is 2.17. The lowest BCUT2D eigenvalue weighted by Crippen LogP contribution is -2.56. The van der Waals surface area contributed by atoms with Gasteiger partial charge in [0, 0.05) is 32.2 Å². The molecule has 2 aliphatic rings. The van der Waals surface area contributed by atoms with Crippen LogP contribution < -0.4 is 11.1 Å². The summed E-state index contributed by atoms with van der Waals surface area (Å²) < 4.78 is 0. The van der Waals surface area contributed by atoms with E-state index in [-0.39, 0.29) is 11.9 Å². The molecular formula is C16H30N4O2. The van der Waals surface area contributed by atoms with Crippen LogP contribution in [0.4, 0.5) is 4.79 Å². The smallest absolute Gasteiger partial charge is 0.317 e. The van der Waals surface area contributed by atoms with Crippen LogP contribution >= 0.6 is 0 Å². The first kappa shape index (κ1) is 17.1. The highest BCUT2D eigenvalue weighted by Gasteiger charge is 2.27. The molecule has 0 bridgehead atoms. The van der Waals surface area contributed by atoms with Gasteiger partial charge in [0.15, 0.2) is 0 Å². The minimum absolute atomic E-state index is 0.0224. The molecule has 1 saturated heterocycles. The van der Waals surface area contributed by atoms with E-state index in [1.54, 1.807) is 4.90 Å². The Bertz CT molecular complexity index is 374. The van der Waals surface area contributed by atoms with Crippen LogP contribution in [0.15, 0.2) is 0 Å². The summed E-state index contributed by atoms with van der Waals surface area (Å²) >= 11 is 0. The second-order valence-electron chi connectivity index (χ2n) is 6.49. The third kappa shape index (κ3) is 4.60. The quantitative estimate of drug-likeness (QED) is 0.821. The van der Waals surface area contributed by atoms with Gasteiger partial charge in [-0.1, -0.05) is 32.6 Å². The van der Waals surface area contributed by atoms with E-state index in [9.17, 15) is 9.59 Å². The molecule has 0 spiro atoms. The average Bonchev–Trinajstić information content (AvgIpc) is 2.55. The number of amides is 3. The number of hydrogen-bond donors (Lipinski definition) is 2. The van der Waals surface area contributed by atoms with Crippen molar-refractivity contribution in [1.29, 1.82) is 0 Å². The first-order chi connectivity index (χ1) is 10.6. The zero-order valence-electron chi connectivity index (χ0n) is 13.7. The van der Waals surface area contributed by atoms with E-state index in [0.29, 0.717) is 32.2 Å². The van der Waals surface area contributed by atoms with E-state index in [0.717, 1.165) is 25.7 Å². The van der Waals surface area contributed by atoms with E-state index < -0.39 is 6.04 Å². The minimum Gasteiger partial charge on any atom is -0.338 e. The summed E-state index contributed by atoms with van der Waals surface area (Å²) in [6, 6.07) is -0.0386. The van der Waals surface area contributed by atoms with Crippen LogP contribution in [0.5, 0.6) is 0 Å². The monoisotopic (exact) mass is 310 g/mol. The van der Waals surface area contributed by atoms with Gasteiger partial charge in [-0.05, 0) is 19.3 Å². The molecule has 3 amide bonds. The Labute approximate surface area is 133 Å². The van der Waals surface area contributed by atoms with Crippen LogP contribution in [-0.2, 0) is 4.79 Å². The van der Waals surface area contributed by atoms with E-state index in [1.807, 2.05) is 11.8 Å². The van der Waals surface area contributed by atoms with E-state index in [4.69, 9.17) is 5.73 Å². The lowest BCUT2D eigenvalue weighted by Gasteiger charge is -2.37. The summed E-state index contributed by atoms with van der Waals surface area (Å²) in [5.41, 5.74) is 5.89. The molecule has 6 heteroatoms. The van der Waals surface area contributed by atoms with Crippen LogP contribution in [0, 0.1) is 0 Å². The lowest BCUT2D eigenvalue weighted by atomic mass is 9.96. The van der Waals surface area contributed by atoms with Crippen LogP contribution in [0.25, 0.3) is 0 Å². The van der Waals surface area contributed by atoms with Gasteiger partial charge >= 0.3 is 6.03 Å². The molecule has 126 valence electrons. The number of urea groups is 1. The molecular weight excluding hydrogens is 280 g/mol. The van der Waals surface area contributed by atoms with Gasteiger partial charge in [0.25, 0.3) is 0 Å². The van der Waals surface area contributed by atoms with Crippen molar-refractivity contribution in [3.63, 3.8) is 0 Å². The SMILES string of the molecule is CCCC(N)C(=O)N1CCN(C(=O)NC2CCCCC2)CC1. The highest BCUT2D eigenvalue weighted by molar-refractivity contribution is 5.82. The Morgan fingerprint density at radius 1 is 1.09 bits per heavy atom. The Hall–Kier alpha value is -1.30. The fourth-order valence-corrected chi connectivity index (χ4v) is 3.31. The van der Waals surface area contributed by atoms with Crippen molar-refractivity contribution < 1.29 is 9.59 Å². The number of nitrogens with two attached hydrogens (primary N) is 1. The molecule has 3 N–H and O–H groups in total. The minimum atomic E-state index is -0.396. The number of hydrogen-bond acceptors (Lipinski definition) is 3. The predicted octanol–water partition coefficient (Wildman–Crippen LogP) is 1.30. The van der Waals surface area contributed by atoms with Crippen molar-refractivity contribution in [2.24, 2.45) is 5.73 Å². The number of carbonyl (C=O) groups excluding carboxylic acids is 2. The highest BCUT2D eigenvalue weighted by atomic mass is 16.2. The zero-order valence-corrected chi connectivity index (χ0v) is 13.7. The van der Waals surface area contributed by atoms with Gasteiger partial charge in [-0.25, -0.2) is 4.79 Å². The number of carbonyl (C=O) groups is 2. The third-order valence-electron chi connectivity index (χ3n) is 4.73. The van der Waals surface area contributed by atoms with Crippen molar-refractivity contribution in [3.8, 4) is 0 Å². The molecule has 6 nitrogen and oxygen atoms in total. The number of piperazine rings is 1. The van der Waals surface area contributed by atoms with Crippen molar-refractivity contribution in [3.05, 3.63) is 0 Å². The second-order valence-corrected chi connectivity index (χ2v) is 6.49. The maximum Gasteiger partial charge on any atom is 0.317 e. The van der Waals surface area contributed by atoms with E-state index in [1.165, 1.54) is 19.3 Å². The standard InChI is InChI=1S/C16H30N4O2/c1-2-6-14(17)15(21)19-9-11-20(12-10-19)16(22)18-13-7-4-3-5-8-13/h13-14H,2-12,17H2,1H3,(H,18,22). The number of nitrogens with zero attached hydrogens (tertiary/aromatic N) is 2. The maximum atomic E-state index is 12.3. The third-order valence-corrected chi connectivity index (χ3v) is 4.73. The van der Waals surface area contributed by atoms with Crippen molar-refractivity contribution >= 4 is 11.9 Å². The molecule has 0 aromatic rings. The predicted molar refractivity (Wildman–Crippen MR) is 86.4 cm³/mol. The summed E-state index contributed by atoms with van der Waals surface area (Å²) in [6.07, 6.45) is 7.53. The normalized spacial score (nSPS) is 21.5. The van der Waals surface area contributed by atoms with Crippen molar-refractivity contribution in [1.82, 2.24) is 15.1 Å². The van der Waals surface area contributed by atoms with Gasteiger partial charge in [0.2, 0.25) is 5.91 Å². The topological polar surface area (TPSA) is 78.7 Å². The van der Waals surface area contributed by atoms with Gasteiger partial charge < -0.3 is 20.9 Å². The molecule has 1 aliphatic heterocycles. The molecule has 2 fully saturated rings. The Kier molecular flexibility index (Phi) is 6.49. The average molecular weight is 310 g/mol. The van der Waals surface area contributed by atoms with Crippen LogP contribution in [0.1, 0.15) is 51.9 Å². The van der Waals surface area contributed by atoms with Gasteiger partial charge in [0.1, 0.15) is 0 Å². The van der Waals surface area contributed by atoms with Crippen LogP contribution in [0.2, 0.25) is 0 Å². The largest absolute Gasteiger partial charge is 0.338 e. The van der Waals surface area contributed by atoms with Gasteiger partial charge in [-0.2, -0.15) is 0 Å². The molecule has 1 unspecified atom stereocenters. The van der Waals surface area contributed by atoms with Crippen molar-refractivity contribution in [2.45, 2.75) is 64.0 Å². The van der Waals surface area contributed by atoms with Crippen molar-refractivity contribution in [2.75, 3.05) is 26.2 Å². The van der Waals surface area contributed by atoms with Gasteiger partial charge in [-0.15, -0.1) is 0 Å². The molecule has 22 heavy (non-hydrogen) atoms. The zero-order chi connectivity index (χ0) is 15.9. The summed E-state index contributed by atoms with van der Waals surface area (Å²) in [7, 11) is 0. The summed E-state index contributed by atoms with van der Waals surface area (Å²) in [5.74, 6) is 0.0224. The summed E-state index contributed by atoms with van der Waals surface area (Å²) in [5, 5.41) is 3.13. The van der Waals surface area contributed by atoms with Gasteiger partial charge in [0.05, 0.1) is 6.04 Å². The molecule has 0 aromatic heterocycles. The molecule has 1 saturated carbocycles. The number of nitrogens with one attached hydrogen (secondary N) is 1. The molecule has 0 radical (unpaired) electrons. The van der Waals surface area contributed by atoms with Crippen LogP contribution in [0.3, 0.4) is 0 Å². The Morgan fingerprint density at radius 2 is 1.68 bits per heavy atom. The Balaban J connectivity index is 1.74. The molecule has 1 heterocycles. The molecule has 1 aliphatic carbocycles. The van der Waals surface area contributed by atoms with Crippen LogP contribution in [-0.4, -0.2) is 60.0 Å². The fraction of sp³-hybridized carbons (Fsp3) is 0.875.